The molecule has 4 heteroatoms. The Hall–Kier alpha value is -2.10. The second kappa shape index (κ2) is 5.04. The van der Waals surface area contributed by atoms with E-state index in [1.807, 2.05) is 32.0 Å². The van der Waals surface area contributed by atoms with Gasteiger partial charge in [0.2, 0.25) is 5.56 Å². The van der Waals surface area contributed by atoms with Crippen molar-refractivity contribution in [3.8, 4) is 0 Å². The Bertz CT molecular complexity index is 631. The van der Waals surface area contributed by atoms with Gasteiger partial charge in [-0.25, -0.2) is 0 Å². The zero-order valence-corrected chi connectivity index (χ0v) is 10.5. The quantitative estimate of drug-likeness (QED) is 0.868. The van der Waals surface area contributed by atoms with Crippen molar-refractivity contribution in [2.45, 2.75) is 26.3 Å². The number of carbonyl (C=O) groups excluding carboxylic acids is 1. The molecule has 0 aliphatic carbocycles. The van der Waals surface area contributed by atoms with Crippen LogP contribution in [0.15, 0.2) is 35.1 Å². The molecule has 2 rings (SSSR count). The fourth-order valence-electron chi connectivity index (χ4n) is 1.80. The predicted octanol–water partition coefficient (Wildman–Crippen LogP) is 2.06. The zero-order chi connectivity index (χ0) is 13.1. The van der Waals surface area contributed by atoms with Crippen LogP contribution in [0, 0.1) is 0 Å². The van der Waals surface area contributed by atoms with Crippen molar-refractivity contribution in [2.24, 2.45) is 0 Å². The summed E-state index contributed by atoms with van der Waals surface area (Å²) in [6.07, 6.45) is 0.854. The van der Waals surface area contributed by atoms with Gasteiger partial charge in [0.25, 0.3) is 5.91 Å². The normalized spacial score (nSPS) is 12.3. The highest BCUT2D eigenvalue weighted by Crippen LogP contribution is 2.14. The number of hydrogen-bond acceptors (Lipinski definition) is 2. The number of rotatable bonds is 3. The average Bonchev–Trinajstić information content (AvgIpc) is 2.37. The van der Waals surface area contributed by atoms with Gasteiger partial charge in [-0.15, -0.1) is 0 Å². The molecule has 1 aromatic carbocycles. The van der Waals surface area contributed by atoms with Crippen LogP contribution < -0.4 is 10.9 Å². The minimum absolute atomic E-state index is 0.0931. The van der Waals surface area contributed by atoms with Gasteiger partial charge in [0.15, 0.2) is 0 Å². The number of benzene rings is 1. The van der Waals surface area contributed by atoms with Crippen LogP contribution in [0.4, 0.5) is 0 Å². The first kappa shape index (κ1) is 12.4. The van der Waals surface area contributed by atoms with Crippen molar-refractivity contribution in [3.63, 3.8) is 0 Å². The van der Waals surface area contributed by atoms with E-state index in [1.165, 1.54) is 6.07 Å². The summed E-state index contributed by atoms with van der Waals surface area (Å²) >= 11 is 0. The molecule has 0 spiro atoms. The molecule has 0 unspecified atom stereocenters. The van der Waals surface area contributed by atoms with E-state index in [0.29, 0.717) is 11.1 Å². The minimum Gasteiger partial charge on any atom is -0.350 e. The van der Waals surface area contributed by atoms with Crippen LogP contribution in [-0.2, 0) is 0 Å². The van der Waals surface area contributed by atoms with Gasteiger partial charge in [0, 0.05) is 23.0 Å². The molecule has 1 amide bonds. The fourth-order valence-corrected chi connectivity index (χ4v) is 1.80. The number of hydrogen-bond donors (Lipinski definition) is 2. The van der Waals surface area contributed by atoms with E-state index in [4.69, 9.17) is 0 Å². The molecule has 0 saturated heterocycles. The summed E-state index contributed by atoms with van der Waals surface area (Å²) in [6.45, 7) is 3.94. The monoisotopic (exact) mass is 244 g/mol. The number of nitrogens with one attached hydrogen (secondary N) is 2. The molecule has 0 bridgehead atoms. The van der Waals surface area contributed by atoms with E-state index < -0.39 is 0 Å². The largest absolute Gasteiger partial charge is 0.350 e. The van der Waals surface area contributed by atoms with Gasteiger partial charge in [-0.3, -0.25) is 9.59 Å². The molecule has 4 nitrogen and oxygen atoms in total. The molecular weight excluding hydrogens is 228 g/mol. The van der Waals surface area contributed by atoms with Crippen molar-refractivity contribution >= 4 is 16.8 Å². The number of aromatic amines is 1. The summed E-state index contributed by atoms with van der Waals surface area (Å²) in [5.74, 6) is -0.202. The highest BCUT2D eigenvalue weighted by Gasteiger charge is 2.12. The molecule has 1 aromatic heterocycles. The summed E-state index contributed by atoms with van der Waals surface area (Å²) in [6, 6.07) is 8.73. The molecule has 0 aliphatic rings. The summed E-state index contributed by atoms with van der Waals surface area (Å²) in [7, 11) is 0. The number of H-pyrrole nitrogens is 1. The number of amides is 1. The first-order chi connectivity index (χ1) is 8.61. The number of pyridine rings is 1. The third kappa shape index (κ3) is 2.42. The van der Waals surface area contributed by atoms with Crippen LogP contribution in [-0.4, -0.2) is 16.9 Å². The molecule has 2 N–H and O–H groups in total. The van der Waals surface area contributed by atoms with Crippen molar-refractivity contribution in [1.29, 1.82) is 0 Å². The highest BCUT2D eigenvalue weighted by molar-refractivity contribution is 6.06. The van der Waals surface area contributed by atoms with Crippen LogP contribution in [0.2, 0.25) is 0 Å². The minimum atomic E-state index is -0.261. The molecule has 0 fully saturated rings. The lowest BCUT2D eigenvalue weighted by atomic mass is 10.1. The summed E-state index contributed by atoms with van der Waals surface area (Å²) in [5.41, 5.74) is 0.844. The summed E-state index contributed by atoms with van der Waals surface area (Å²) in [5, 5.41) is 3.64. The third-order valence-electron chi connectivity index (χ3n) is 2.99. The molecule has 0 radical (unpaired) electrons. The maximum atomic E-state index is 12.1. The van der Waals surface area contributed by atoms with Gasteiger partial charge in [-0.2, -0.15) is 0 Å². The number of carbonyl (C=O) groups is 1. The standard InChI is InChI=1S/C14H16N2O2/c1-3-9(2)15-14(18)11-8-13(17)16-12-7-5-4-6-10(11)12/h4-9H,3H2,1-2H3,(H,15,18)(H,16,17)/t9-/m1/s1. The van der Waals surface area contributed by atoms with Crippen LogP contribution in [0.1, 0.15) is 30.6 Å². The first-order valence-corrected chi connectivity index (χ1v) is 6.04. The lowest BCUT2D eigenvalue weighted by Crippen LogP contribution is -2.32. The molecule has 0 aliphatic heterocycles. The summed E-state index contributed by atoms with van der Waals surface area (Å²) < 4.78 is 0. The van der Waals surface area contributed by atoms with E-state index >= 15 is 0 Å². The topological polar surface area (TPSA) is 62.0 Å². The van der Waals surface area contributed by atoms with E-state index in [2.05, 4.69) is 10.3 Å². The molecule has 18 heavy (non-hydrogen) atoms. The first-order valence-electron chi connectivity index (χ1n) is 6.04. The molecule has 1 heterocycles. The number of para-hydroxylation sites is 1. The highest BCUT2D eigenvalue weighted by atomic mass is 16.2. The van der Waals surface area contributed by atoms with Crippen LogP contribution in [0.3, 0.4) is 0 Å². The van der Waals surface area contributed by atoms with Crippen molar-refractivity contribution in [3.05, 3.63) is 46.2 Å². The van der Waals surface area contributed by atoms with Crippen molar-refractivity contribution < 1.29 is 4.79 Å². The second-order valence-electron chi connectivity index (χ2n) is 4.38. The maximum Gasteiger partial charge on any atom is 0.252 e. The van der Waals surface area contributed by atoms with Crippen LogP contribution in [0.25, 0.3) is 10.9 Å². The summed E-state index contributed by atoms with van der Waals surface area (Å²) in [4.78, 5) is 26.4. The fraction of sp³-hybridized carbons (Fsp3) is 0.286. The smallest absolute Gasteiger partial charge is 0.252 e. The Morgan fingerprint density at radius 3 is 2.83 bits per heavy atom. The zero-order valence-electron chi connectivity index (χ0n) is 10.5. The van der Waals surface area contributed by atoms with E-state index in [-0.39, 0.29) is 17.5 Å². The van der Waals surface area contributed by atoms with E-state index in [1.54, 1.807) is 6.07 Å². The van der Waals surface area contributed by atoms with Gasteiger partial charge in [-0.1, -0.05) is 25.1 Å². The lowest BCUT2D eigenvalue weighted by molar-refractivity contribution is 0.0941. The van der Waals surface area contributed by atoms with Crippen LogP contribution >= 0.6 is 0 Å². The maximum absolute atomic E-state index is 12.1. The molecule has 2 aromatic rings. The van der Waals surface area contributed by atoms with Gasteiger partial charge >= 0.3 is 0 Å². The predicted molar refractivity (Wildman–Crippen MR) is 71.8 cm³/mol. The van der Waals surface area contributed by atoms with E-state index in [0.717, 1.165) is 11.8 Å². The van der Waals surface area contributed by atoms with Crippen LogP contribution in [0.5, 0.6) is 0 Å². The van der Waals surface area contributed by atoms with Crippen molar-refractivity contribution in [1.82, 2.24) is 10.3 Å². The third-order valence-corrected chi connectivity index (χ3v) is 2.99. The Kier molecular flexibility index (Phi) is 3.46. The Morgan fingerprint density at radius 1 is 1.39 bits per heavy atom. The van der Waals surface area contributed by atoms with Gasteiger partial charge in [0.05, 0.1) is 5.56 Å². The Balaban J connectivity index is 2.50. The van der Waals surface area contributed by atoms with Gasteiger partial charge < -0.3 is 10.3 Å². The average molecular weight is 244 g/mol. The lowest BCUT2D eigenvalue weighted by Gasteiger charge is -2.12. The molecule has 0 saturated carbocycles. The number of fused-ring (bicyclic) bond motifs is 1. The van der Waals surface area contributed by atoms with Gasteiger partial charge in [0.1, 0.15) is 0 Å². The molecule has 94 valence electrons. The Morgan fingerprint density at radius 2 is 2.11 bits per heavy atom. The second-order valence-corrected chi connectivity index (χ2v) is 4.38. The molecular formula is C14H16N2O2. The SMILES string of the molecule is CC[C@@H](C)NC(=O)c1cc(=O)[nH]c2ccccc12. The Labute approximate surface area is 105 Å². The van der Waals surface area contributed by atoms with Gasteiger partial charge in [-0.05, 0) is 19.4 Å². The number of aromatic nitrogens is 1. The van der Waals surface area contributed by atoms with Crippen molar-refractivity contribution in [2.75, 3.05) is 0 Å². The van der Waals surface area contributed by atoms with E-state index in [9.17, 15) is 9.59 Å². The molecule has 1 atom stereocenters.